The largest absolute Gasteiger partial charge is 0.324 e. The van der Waals surface area contributed by atoms with Gasteiger partial charge in [-0.3, -0.25) is 10.1 Å². The van der Waals surface area contributed by atoms with Gasteiger partial charge < -0.3 is 4.90 Å². The van der Waals surface area contributed by atoms with E-state index in [1.165, 1.54) is 5.56 Å². The molecule has 80 valence electrons. The van der Waals surface area contributed by atoms with E-state index >= 15 is 0 Å². The fraction of sp³-hybridized carbons (Fsp3) is 0.400. The molecule has 3 amide bonds. The quantitative estimate of drug-likeness (QED) is 0.839. The van der Waals surface area contributed by atoms with Gasteiger partial charge in [0.25, 0.3) is 0 Å². The molecule has 0 radical (unpaired) electrons. The van der Waals surface area contributed by atoms with Gasteiger partial charge in [0.1, 0.15) is 0 Å². The van der Waals surface area contributed by atoms with Gasteiger partial charge in [0.15, 0.2) is 0 Å². The van der Waals surface area contributed by atoms with Crippen LogP contribution < -0.4 is 5.32 Å². The van der Waals surface area contributed by atoms with Gasteiger partial charge in [0, 0.05) is 19.5 Å². The number of nitrogens with one attached hydrogen (secondary N) is 1. The van der Waals surface area contributed by atoms with Crippen molar-refractivity contribution in [2.75, 3.05) is 13.1 Å². The number of imide groups is 1. The lowest BCUT2D eigenvalue weighted by atomic mass is 10.2. The summed E-state index contributed by atoms with van der Waals surface area (Å²) < 4.78 is 0. The van der Waals surface area contributed by atoms with Crippen molar-refractivity contribution in [3.63, 3.8) is 0 Å². The zero-order valence-corrected chi connectivity index (χ0v) is 9.05. The zero-order chi connectivity index (χ0) is 10.7. The van der Waals surface area contributed by atoms with Crippen LogP contribution in [-0.4, -0.2) is 29.9 Å². The molecular formula is C10H12N2O2S. The van der Waals surface area contributed by atoms with E-state index in [2.05, 4.69) is 16.8 Å². The molecule has 1 fully saturated rings. The Morgan fingerprint density at radius 1 is 1.47 bits per heavy atom. The molecule has 1 aliphatic rings. The Kier molecular flexibility index (Phi) is 3.01. The highest BCUT2D eigenvalue weighted by molar-refractivity contribution is 7.07. The third-order valence-corrected chi connectivity index (χ3v) is 3.12. The number of nitrogens with zero attached hydrogens (tertiary/aromatic N) is 1. The molecule has 1 aromatic rings. The second-order valence-electron chi connectivity index (χ2n) is 3.47. The lowest BCUT2D eigenvalue weighted by Crippen LogP contribution is -2.49. The Morgan fingerprint density at radius 3 is 3.00 bits per heavy atom. The molecule has 4 nitrogen and oxygen atoms in total. The van der Waals surface area contributed by atoms with Crippen molar-refractivity contribution < 1.29 is 9.59 Å². The summed E-state index contributed by atoms with van der Waals surface area (Å²) in [7, 11) is 0. The van der Waals surface area contributed by atoms with Crippen molar-refractivity contribution in [2.24, 2.45) is 0 Å². The lowest BCUT2D eigenvalue weighted by molar-refractivity contribution is -0.121. The third kappa shape index (κ3) is 2.56. The predicted molar refractivity (Wildman–Crippen MR) is 57.8 cm³/mol. The van der Waals surface area contributed by atoms with Gasteiger partial charge in [0.2, 0.25) is 5.91 Å². The van der Waals surface area contributed by atoms with Crippen molar-refractivity contribution in [3.05, 3.63) is 22.4 Å². The van der Waals surface area contributed by atoms with Crippen molar-refractivity contribution in [1.29, 1.82) is 0 Å². The molecule has 1 aliphatic heterocycles. The molecule has 0 aliphatic carbocycles. The van der Waals surface area contributed by atoms with E-state index in [0.717, 1.165) is 6.42 Å². The second kappa shape index (κ2) is 4.44. The van der Waals surface area contributed by atoms with Crippen molar-refractivity contribution in [2.45, 2.75) is 12.8 Å². The fourth-order valence-corrected chi connectivity index (χ4v) is 2.21. The van der Waals surface area contributed by atoms with E-state index in [4.69, 9.17) is 0 Å². The first-order valence-corrected chi connectivity index (χ1v) is 5.80. The summed E-state index contributed by atoms with van der Waals surface area (Å²) in [5.74, 6) is -0.174. The van der Waals surface area contributed by atoms with Crippen molar-refractivity contribution in [1.82, 2.24) is 10.2 Å². The van der Waals surface area contributed by atoms with Gasteiger partial charge in [-0.15, -0.1) is 0 Å². The van der Waals surface area contributed by atoms with Crippen molar-refractivity contribution >= 4 is 23.3 Å². The van der Waals surface area contributed by atoms with Gasteiger partial charge in [-0.1, -0.05) is 0 Å². The molecule has 0 aromatic carbocycles. The third-order valence-electron chi connectivity index (χ3n) is 2.39. The maximum atomic E-state index is 11.4. The van der Waals surface area contributed by atoms with Crippen LogP contribution in [0.4, 0.5) is 4.79 Å². The van der Waals surface area contributed by atoms with Crippen LogP contribution in [-0.2, 0) is 11.2 Å². The minimum Gasteiger partial charge on any atom is -0.324 e. The first kappa shape index (κ1) is 10.2. The van der Waals surface area contributed by atoms with Crippen LogP contribution >= 0.6 is 11.3 Å². The summed E-state index contributed by atoms with van der Waals surface area (Å²) in [4.78, 5) is 23.9. The van der Waals surface area contributed by atoms with E-state index in [-0.39, 0.29) is 11.9 Å². The zero-order valence-electron chi connectivity index (χ0n) is 8.23. The predicted octanol–water partition coefficient (Wildman–Crippen LogP) is 1.23. The summed E-state index contributed by atoms with van der Waals surface area (Å²) >= 11 is 1.65. The van der Waals surface area contributed by atoms with E-state index in [1.807, 2.05) is 5.38 Å². The molecule has 0 saturated carbocycles. The molecular weight excluding hydrogens is 212 g/mol. The van der Waals surface area contributed by atoms with Crippen molar-refractivity contribution in [3.8, 4) is 0 Å². The number of amides is 3. The van der Waals surface area contributed by atoms with E-state index in [0.29, 0.717) is 19.5 Å². The molecule has 1 N–H and O–H groups in total. The average Bonchev–Trinajstić information content (AvgIpc) is 2.69. The molecule has 2 heterocycles. The minimum absolute atomic E-state index is 0.174. The molecule has 0 unspecified atom stereocenters. The van der Waals surface area contributed by atoms with Crippen LogP contribution in [0.3, 0.4) is 0 Å². The summed E-state index contributed by atoms with van der Waals surface area (Å²) in [6.07, 6.45) is 1.26. The van der Waals surface area contributed by atoms with Gasteiger partial charge in [0.05, 0.1) is 0 Å². The normalized spacial score (nSPS) is 16.7. The number of carbonyl (C=O) groups excluding carboxylic acids is 2. The maximum Gasteiger partial charge on any atom is 0.324 e. The Morgan fingerprint density at radius 2 is 2.33 bits per heavy atom. The van der Waals surface area contributed by atoms with E-state index in [9.17, 15) is 9.59 Å². The Bertz CT molecular complexity index is 362. The number of hydrogen-bond acceptors (Lipinski definition) is 3. The highest BCUT2D eigenvalue weighted by Gasteiger charge is 2.22. The number of urea groups is 1. The van der Waals surface area contributed by atoms with Crippen LogP contribution in [0.25, 0.3) is 0 Å². The molecule has 15 heavy (non-hydrogen) atoms. The monoisotopic (exact) mass is 224 g/mol. The van der Waals surface area contributed by atoms with Gasteiger partial charge in [-0.2, -0.15) is 11.3 Å². The topological polar surface area (TPSA) is 49.4 Å². The molecule has 1 aromatic heterocycles. The van der Waals surface area contributed by atoms with E-state index in [1.54, 1.807) is 16.2 Å². The molecule has 0 atom stereocenters. The summed E-state index contributed by atoms with van der Waals surface area (Å²) in [6, 6.07) is 1.79. The smallest absolute Gasteiger partial charge is 0.324 e. The molecule has 2 rings (SSSR count). The summed E-state index contributed by atoms with van der Waals surface area (Å²) in [5, 5.41) is 6.41. The Balaban J connectivity index is 1.85. The first-order chi connectivity index (χ1) is 7.25. The van der Waals surface area contributed by atoms with Crippen LogP contribution in [0.5, 0.6) is 0 Å². The van der Waals surface area contributed by atoms with Crippen LogP contribution in [0.1, 0.15) is 12.0 Å². The second-order valence-corrected chi connectivity index (χ2v) is 4.25. The standard InChI is InChI=1S/C10H12N2O2S/c13-9-2-5-12(10(14)11-9)4-1-8-3-6-15-7-8/h3,6-7H,1-2,4-5H2,(H,11,13,14). The summed E-state index contributed by atoms with van der Waals surface area (Å²) in [5.41, 5.74) is 1.24. The minimum atomic E-state index is -0.263. The number of thiophene rings is 1. The van der Waals surface area contributed by atoms with Gasteiger partial charge in [-0.25, -0.2) is 4.79 Å². The molecule has 1 saturated heterocycles. The molecule has 5 heteroatoms. The number of carbonyl (C=O) groups is 2. The van der Waals surface area contributed by atoms with Crippen LogP contribution in [0, 0.1) is 0 Å². The highest BCUT2D eigenvalue weighted by Crippen LogP contribution is 2.08. The van der Waals surface area contributed by atoms with Gasteiger partial charge >= 0.3 is 6.03 Å². The first-order valence-electron chi connectivity index (χ1n) is 4.85. The average molecular weight is 224 g/mol. The van der Waals surface area contributed by atoms with E-state index < -0.39 is 0 Å². The van der Waals surface area contributed by atoms with Crippen LogP contribution in [0.2, 0.25) is 0 Å². The fourth-order valence-electron chi connectivity index (χ4n) is 1.51. The molecule has 0 spiro atoms. The van der Waals surface area contributed by atoms with Gasteiger partial charge in [-0.05, 0) is 28.8 Å². The highest BCUT2D eigenvalue weighted by atomic mass is 32.1. The number of rotatable bonds is 3. The SMILES string of the molecule is O=C1CCN(CCc2ccsc2)C(=O)N1. The Hall–Kier alpha value is -1.36. The van der Waals surface area contributed by atoms with Crippen LogP contribution in [0.15, 0.2) is 16.8 Å². The molecule has 0 bridgehead atoms. The Labute approximate surface area is 91.9 Å². The lowest BCUT2D eigenvalue weighted by Gasteiger charge is -2.26. The number of hydrogen-bond donors (Lipinski definition) is 1. The summed E-state index contributed by atoms with van der Waals surface area (Å²) in [6.45, 7) is 1.21. The maximum absolute atomic E-state index is 11.4.